The summed E-state index contributed by atoms with van der Waals surface area (Å²) in [5.41, 5.74) is 3.30. The molecule has 0 radical (unpaired) electrons. The lowest BCUT2D eigenvalue weighted by atomic mass is 10.2. The Hall–Kier alpha value is -4.10. The molecule has 1 amide bonds. The summed E-state index contributed by atoms with van der Waals surface area (Å²) in [4.78, 5) is 36.0. The number of aromatic nitrogens is 2. The van der Waals surface area contributed by atoms with Crippen molar-refractivity contribution in [1.82, 2.24) is 24.7 Å². The molecule has 0 aliphatic carbocycles. The molecule has 0 spiro atoms. The largest absolute Gasteiger partial charge is 0.491 e. The van der Waals surface area contributed by atoms with E-state index in [0.29, 0.717) is 48.6 Å². The summed E-state index contributed by atoms with van der Waals surface area (Å²) in [5, 5.41) is 14.6. The number of aromatic amines is 1. The number of hydrogen-bond donors (Lipinski definition) is 3. The normalized spacial score (nSPS) is 18.1. The van der Waals surface area contributed by atoms with Gasteiger partial charge in [-0.05, 0) is 43.5 Å². The number of amides is 1. The Bertz CT molecular complexity index is 1470. The Morgan fingerprint density at radius 1 is 1.19 bits per heavy atom. The number of anilines is 1. The summed E-state index contributed by atoms with van der Waals surface area (Å²) in [5.74, 6) is 0.955. The number of aliphatic hydroxyl groups excluding tert-OH is 1. The van der Waals surface area contributed by atoms with Crippen LogP contribution in [0.1, 0.15) is 16.2 Å². The number of hydrogen-bond acceptors (Lipinski definition) is 8. The molecular weight excluding hydrogens is 548 g/mol. The Morgan fingerprint density at radius 2 is 1.98 bits per heavy atom. The molecule has 12 heteroatoms. The van der Waals surface area contributed by atoms with E-state index in [0.717, 1.165) is 55.9 Å². The molecule has 2 fully saturated rings. The molecule has 3 aromatic rings. The Labute approximate surface area is 251 Å². The molecule has 0 saturated carbocycles. The number of ether oxygens (including phenoxy) is 2. The molecule has 0 bridgehead atoms. The SMILES string of the molecule is C=C/C(=N\C(=NC)Nc1ccc2[nH]c(C(=O)N3CCN(C)CC3)cc2c1)c1cc(OCC(O)CN2CCOCC2)ccn1. The third-order valence-corrected chi connectivity index (χ3v) is 7.54. The van der Waals surface area contributed by atoms with Crippen molar-refractivity contribution in [1.29, 1.82) is 0 Å². The van der Waals surface area contributed by atoms with Crippen molar-refractivity contribution < 1.29 is 19.4 Å². The van der Waals surface area contributed by atoms with E-state index in [1.165, 1.54) is 0 Å². The van der Waals surface area contributed by atoms with Crippen LogP contribution in [-0.2, 0) is 4.74 Å². The fourth-order valence-electron chi connectivity index (χ4n) is 5.06. The number of likely N-dealkylation sites (N-methyl/N-ethyl adjacent to an activating group) is 1. The number of H-pyrrole nitrogens is 1. The lowest BCUT2D eigenvalue weighted by molar-refractivity contribution is 0.00464. The van der Waals surface area contributed by atoms with Crippen LogP contribution in [0, 0.1) is 0 Å². The summed E-state index contributed by atoms with van der Waals surface area (Å²) in [7, 11) is 3.72. The number of benzene rings is 1. The van der Waals surface area contributed by atoms with E-state index in [4.69, 9.17) is 9.47 Å². The number of aliphatic imine (C=N–C) groups is 2. The molecule has 228 valence electrons. The van der Waals surface area contributed by atoms with Crippen molar-refractivity contribution in [2.75, 3.05) is 85.0 Å². The van der Waals surface area contributed by atoms with Gasteiger partial charge >= 0.3 is 0 Å². The molecule has 1 aromatic carbocycles. The van der Waals surface area contributed by atoms with Gasteiger partial charge in [0.25, 0.3) is 5.91 Å². The molecule has 1 unspecified atom stereocenters. The molecule has 2 aromatic heterocycles. The van der Waals surface area contributed by atoms with E-state index in [9.17, 15) is 9.90 Å². The third-order valence-electron chi connectivity index (χ3n) is 7.54. The topological polar surface area (TPSA) is 131 Å². The lowest BCUT2D eigenvalue weighted by Crippen LogP contribution is -2.47. The van der Waals surface area contributed by atoms with Gasteiger partial charge in [-0.25, -0.2) is 4.99 Å². The maximum Gasteiger partial charge on any atom is 0.270 e. The first-order valence-electron chi connectivity index (χ1n) is 14.5. The number of allylic oxidation sites excluding steroid dienone is 1. The standard InChI is InChI=1S/C31H40N8O4/c1-4-26(28-19-25(7-8-33-28)43-21-24(40)20-38-13-15-42-16-14-38)36-31(32-2)34-23-5-6-27-22(17-23)18-29(35-27)30(41)39-11-9-37(3)10-12-39/h4-8,17-19,24,35,40H,1,9-16,20-21H2,2-3H3,(H,32,34)/b36-26+. The number of fused-ring (bicyclic) bond motifs is 1. The van der Waals surface area contributed by atoms with Crippen LogP contribution in [0.3, 0.4) is 0 Å². The van der Waals surface area contributed by atoms with Crippen molar-refractivity contribution in [3.05, 3.63) is 66.6 Å². The summed E-state index contributed by atoms with van der Waals surface area (Å²) in [6.45, 7) is 10.8. The monoisotopic (exact) mass is 588 g/mol. The van der Waals surface area contributed by atoms with Crippen LogP contribution < -0.4 is 10.1 Å². The second kappa shape index (κ2) is 14.4. The number of morpholine rings is 1. The lowest BCUT2D eigenvalue weighted by Gasteiger charge is -2.32. The van der Waals surface area contributed by atoms with Crippen molar-refractivity contribution in [2.45, 2.75) is 6.10 Å². The van der Waals surface area contributed by atoms with Gasteiger partial charge < -0.3 is 34.7 Å². The molecule has 3 N–H and O–H groups in total. The van der Waals surface area contributed by atoms with Gasteiger partial charge in [-0.1, -0.05) is 6.58 Å². The first-order chi connectivity index (χ1) is 20.9. The number of rotatable bonds is 9. The number of carbonyl (C=O) groups is 1. The number of guanidine groups is 1. The number of carbonyl (C=O) groups excluding carboxylic acids is 1. The molecule has 1 atom stereocenters. The van der Waals surface area contributed by atoms with Crippen molar-refractivity contribution in [2.24, 2.45) is 9.98 Å². The Kier molecular flexibility index (Phi) is 10.2. The average molecular weight is 589 g/mol. The Balaban J connectivity index is 1.23. The van der Waals surface area contributed by atoms with E-state index in [2.05, 4.69) is 48.7 Å². The second-order valence-electron chi connectivity index (χ2n) is 10.7. The minimum atomic E-state index is -0.622. The van der Waals surface area contributed by atoms with Gasteiger partial charge in [0.1, 0.15) is 24.2 Å². The van der Waals surface area contributed by atoms with Crippen molar-refractivity contribution in [3.63, 3.8) is 0 Å². The molecular formula is C31H40N8O4. The predicted molar refractivity (Wildman–Crippen MR) is 168 cm³/mol. The van der Waals surface area contributed by atoms with E-state index in [1.54, 1.807) is 31.5 Å². The van der Waals surface area contributed by atoms with Crippen LogP contribution in [0.2, 0.25) is 0 Å². The molecule has 5 rings (SSSR count). The highest BCUT2D eigenvalue weighted by Crippen LogP contribution is 2.22. The smallest absolute Gasteiger partial charge is 0.270 e. The van der Waals surface area contributed by atoms with Gasteiger partial charge in [-0.2, -0.15) is 0 Å². The summed E-state index contributed by atoms with van der Waals surface area (Å²) >= 11 is 0. The highest BCUT2D eigenvalue weighted by atomic mass is 16.5. The van der Waals surface area contributed by atoms with Crippen LogP contribution in [0.15, 0.2) is 65.2 Å². The predicted octanol–water partition coefficient (Wildman–Crippen LogP) is 2.10. The van der Waals surface area contributed by atoms with Crippen molar-refractivity contribution >= 4 is 34.2 Å². The van der Waals surface area contributed by atoms with Crippen molar-refractivity contribution in [3.8, 4) is 5.75 Å². The average Bonchev–Trinajstić information content (AvgIpc) is 3.46. The first kappa shape index (κ1) is 30.4. The summed E-state index contributed by atoms with van der Waals surface area (Å²) < 4.78 is 11.2. The van der Waals surface area contributed by atoms with Crippen LogP contribution in [0.5, 0.6) is 5.75 Å². The van der Waals surface area contributed by atoms with E-state index in [-0.39, 0.29) is 12.5 Å². The molecule has 4 heterocycles. The maximum absolute atomic E-state index is 13.0. The molecule has 12 nitrogen and oxygen atoms in total. The quantitative estimate of drug-likeness (QED) is 0.256. The minimum absolute atomic E-state index is 0.0140. The third kappa shape index (κ3) is 8.05. The number of aliphatic hydroxyl groups is 1. The Morgan fingerprint density at radius 3 is 2.72 bits per heavy atom. The number of β-amino-alcohol motifs (C(OH)–C–C–N with tert-alkyl or cyclic N) is 1. The number of nitrogens with one attached hydrogen (secondary N) is 2. The van der Waals surface area contributed by atoms with Gasteiger partial charge in [0, 0.05) is 81.7 Å². The highest BCUT2D eigenvalue weighted by molar-refractivity contribution is 6.14. The van der Waals surface area contributed by atoms with Gasteiger partial charge in [-0.3, -0.25) is 19.7 Å². The number of pyridine rings is 1. The molecule has 2 aliphatic rings. The van der Waals surface area contributed by atoms with Gasteiger partial charge in [0.05, 0.1) is 24.6 Å². The highest BCUT2D eigenvalue weighted by Gasteiger charge is 2.22. The zero-order valence-electron chi connectivity index (χ0n) is 24.8. The second-order valence-corrected chi connectivity index (χ2v) is 10.7. The van der Waals surface area contributed by atoms with Crippen LogP contribution >= 0.6 is 0 Å². The number of nitrogens with zero attached hydrogens (tertiary/aromatic N) is 6. The molecule has 43 heavy (non-hydrogen) atoms. The fourth-order valence-corrected chi connectivity index (χ4v) is 5.06. The fraction of sp³-hybridized carbons (Fsp3) is 0.419. The van der Waals surface area contributed by atoms with Gasteiger partial charge in [0.15, 0.2) is 0 Å². The van der Waals surface area contributed by atoms with E-state index < -0.39 is 6.10 Å². The maximum atomic E-state index is 13.0. The van der Waals surface area contributed by atoms with Crippen LogP contribution in [0.4, 0.5) is 5.69 Å². The van der Waals surface area contributed by atoms with Crippen LogP contribution in [-0.4, -0.2) is 133 Å². The zero-order valence-corrected chi connectivity index (χ0v) is 24.8. The molecule has 2 aliphatic heterocycles. The van der Waals surface area contributed by atoms with Crippen LogP contribution in [0.25, 0.3) is 10.9 Å². The molecule has 2 saturated heterocycles. The zero-order chi connectivity index (χ0) is 30.2. The minimum Gasteiger partial charge on any atom is -0.491 e. The number of piperazine rings is 1. The first-order valence-corrected chi connectivity index (χ1v) is 14.5. The summed E-state index contributed by atoms with van der Waals surface area (Å²) in [6, 6.07) is 11.2. The van der Waals surface area contributed by atoms with E-state index >= 15 is 0 Å². The summed E-state index contributed by atoms with van der Waals surface area (Å²) in [6.07, 6.45) is 2.62. The van der Waals surface area contributed by atoms with Gasteiger partial charge in [0.2, 0.25) is 5.96 Å². The van der Waals surface area contributed by atoms with Gasteiger partial charge in [-0.15, -0.1) is 0 Å². The van der Waals surface area contributed by atoms with E-state index in [1.807, 2.05) is 29.2 Å².